The molecule has 0 aliphatic heterocycles. The van der Waals surface area contributed by atoms with Crippen molar-refractivity contribution in [2.24, 2.45) is 17.3 Å². The molecule has 0 aromatic carbocycles. The van der Waals surface area contributed by atoms with E-state index in [4.69, 9.17) is 0 Å². The Kier molecular flexibility index (Phi) is 4.44. The molecule has 0 saturated heterocycles. The second-order valence-electron chi connectivity index (χ2n) is 6.92. The lowest BCUT2D eigenvalue weighted by molar-refractivity contribution is -0.123. The van der Waals surface area contributed by atoms with Crippen molar-refractivity contribution in [3.8, 4) is 0 Å². The molecule has 1 aliphatic carbocycles. The van der Waals surface area contributed by atoms with Crippen molar-refractivity contribution in [3.05, 3.63) is 16.1 Å². The summed E-state index contributed by atoms with van der Waals surface area (Å²) in [6, 6.07) is 0. The molecule has 3 heteroatoms. The van der Waals surface area contributed by atoms with E-state index in [0.717, 1.165) is 29.5 Å². The van der Waals surface area contributed by atoms with Gasteiger partial charge in [0, 0.05) is 17.7 Å². The molecule has 1 heterocycles. The number of rotatable bonds is 3. The van der Waals surface area contributed by atoms with Crippen LogP contribution in [0, 0.1) is 24.2 Å². The molecule has 0 radical (unpaired) electrons. The molecule has 2 rings (SSSR count). The minimum absolute atomic E-state index is 0.278. The smallest absolute Gasteiger partial charge is 0.141 e. The summed E-state index contributed by atoms with van der Waals surface area (Å²) < 4.78 is 0. The minimum atomic E-state index is 0.278. The van der Waals surface area contributed by atoms with E-state index in [1.807, 2.05) is 12.3 Å². The maximum Gasteiger partial charge on any atom is 0.141 e. The number of thiazole rings is 1. The average Bonchev–Trinajstić information content (AvgIpc) is 2.74. The third-order valence-corrected chi connectivity index (χ3v) is 5.25. The maximum absolute atomic E-state index is 12.3. The van der Waals surface area contributed by atoms with Crippen LogP contribution >= 0.6 is 11.3 Å². The monoisotopic (exact) mass is 279 g/mol. The molecule has 0 spiro atoms. The summed E-state index contributed by atoms with van der Waals surface area (Å²) in [6.45, 7) is 8.95. The zero-order valence-electron chi connectivity index (χ0n) is 12.5. The van der Waals surface area contributed by atoms with Crippen LogP contribution in [0.3, 0.4) is 0 Å². The first-order chi connectivity index (χ1) is 8.86. The van der Waals surface area contributed by atoms with Gasteiger partial charge in [0.15, 0.2) is 0 Å². The first-order valence-corrected chi connectivity index (χ1v) is 8.18. The van der Waals surface area contributed by atoms with Crippen LogP contribution in [0.4, 0.5) is 0 Å². The van der Waals surface area contributed by atoms with Gasteiger partial charge in [0.1, 0.15) is 5.78 Å². The maximum atomic E-state index is 12.3. The molecule has 1 aromatic heterocycles. The van der Waals surface area contributed by atoms with Gasteiger partial charge < -0.3 is 0 Å². The number of carbonyl (C=O) groups excluding carboxylic acids is 1. The number of aromatic nitrogens is 1. The summed E-state index contributed by atoms with van der Waals surface area (Å²) in [5.41, 5.74) is 1.35. The van der Waals surface area contributed by atoms with Gasteiger partial charge in [-0.3, -0.25) is 4.79 Å². The predicted molar refractivity (Wildman–Crippen MR) is 80.5 cm³/mol. The summed E-state index contributed by atoms with van der Waals surface area (Å²) in [6.07, 6.45) is 5.09. The number of hydrogen-bond acceptors (Lipinski definition) is 3. The van der Waals surface area contributed by atoms with E-state index in [1.165, 1.54) is 12.8 Å². The largest absolute Gasteiger partial charge is 0.299 e. The minimum Gasteiger partial charge on any atom is -0.299 e. The lowest BCUT2D eigenvalue weighted by atomic mass is 9.69. The summed E-state index contributed by atoms with van der Waals surface area (Å²) >= 11 is 1.63. The third kappa shape index (κ3) is 3.88. The van der Waals surface area contributed by atoms with E-state index in [1.54, 1.807) is 11.3 Å². The van der Waals surface area contributed by atoms with Crippen molar-refractivity contribution in [3.63, 3.8) is 0 Å². The molecule has 0 amide bonds. The highest BCUT2D eigenvalue weighted by atomic mass is 32.1. The van der Waals surface area contributed by atoms with Crippen LogP contribution in [0.15, 0.2) is 5.38 Å². The van der Waals surface area contributed by atoms with Gasteiger partial charge in [-0.1, -0.05) is 20.8 Å². The van der Waals surface area contributed by atoms with Crippen LogP contribution < -0.4 is 0 Å². The van der Waals surface area contributed by atoms with Gasteiger partial charge in [0.25, 0.3) is 0 Å². The van der Waals surface area contributed by atoms with Crippen LogP contribution in [0.2, 0.25) is 0 Å². The fourth-order valence-corrected chi connectivity index (χ4v) is 3.71. The van der Waals surface area contributed by atoms with Crippen molar-refractivity contribution in [1.82, 2.24) is 4.98 Å². The molecule has 1 aliphatic rings. The SMILES string of the molecule is Cc1nc(CC(=O)C2CCC(C(C)(C)C)CC2)cs1. The van der Waals surface area contributed by atoms with Crippen LogP contribution in [-0.2, 0) is 11.2 Å². The third-order valence-electron chi connectivity index (χ3n) is 4.43. The summed E-state index contributed by atoms with van der Waals surface area (Å²) in [4.78, 5) is 16.7. The fourth-order valence-electron chi connectivity index (χ4n) is 3.09. The molecule has 0 bridgehead atoms. The van der Waals surface area contributed by atoms with Crippen molar-refractivity contribution in [2.75, 3.05) is 0 Å². The van der Waals surface area contributed by atoms with Crippen molar-refractivity contribution < 1.29 is 4.79 Å². The first kappa shape index (κ1) is 14.7. The van der Waals surface area contributed by atoms with E-state index >= 15 is 0 Å². The molecule has 0 atom stereocenters. The lowest BCUT2D eigenvalue weighted by Crippen LogP contribution is -2.29. The van der Waals surface area contributed by atoms with Crippen molar-refractivity contribution in [1.29, 1.82) is 0 Å². The molecule has 1 fully saturated rings. The zero-order chi connectivity index (χ0) is 14.0. The van der Waals surface area contributed by atoms with E-state index < -0.39 is 0 Å². The van der Waals surface area contributed by atoms with Gasteiger partial charge in [0.05, 0.1) is 10.7 Å². The Morgan fingerprint density at radius 2 is 1.95 bits per heavy atom. The van der Waals surface area contributed by atoms with Gasteiger partial charge in [-0.25, -0.2) is 4.98 Å². The molecule has 1 aromatic rings. The Morgan fingerprint density at radius 3 is 2.42 bits per heavy atom. The highest BCUT2D eigenvalue weighted by Gasteiger charge is 2.32. The first-order valence-electron chi connectivity index (χ1n) is 7.30. The summed E-state index contributed by atoms with van der Waals surface area (Å²) in [5, 5.41) is 3.08. The van der Waals surface area contributed by atoms with E-state index in [-0.39, 0.29) is 5.92 Å². The molecular weight excluding hydrogens is 254 g/mol. The second-order valence-corrected chi connectivity index (χ2v) is 7.98. The Hall–Kier alpha value is -0.700. The Bertz CT molecular complexity index is 436. The normalized spacial score (nSPS) is 24.4. The fraction of sp³-hybridized carbons (Fsp3) is 0.750. The summed E-state index contributed by atoms with van der Waals surface area (Å²) in [7, 11) is 0. The highest BCUT2D eigenvalue weighted by Crippen LogP contribution is 2.40. The molecule has 19 heavy (non-hydrogen) atoms. The van der Waals surface area contributed by atoms with Gasteiger partial charge in [-0.05, 0) is 43.9 Å². The quantitative estimate of drug-likeness (QED) is 0.820. The number of aryl methyl sites for hydroxylation is 1. The Balaban J connectivity index is 1.86. The number of carbonyl (C=O) groups is 1. The second kappa shape index (κ2) is 5.74. The van der Waals surface area contributed by atoms with Crippen molar-refractivity contribution in [2.45, 2.75) is 59.8 Å². The Labute approximate surface area is 120 Å². The van der Waals surface area contributed by atoms with Gasteiger partial charge in [-0.2, -0.15) is 0 Å². The molecule has 2 nitrogen and oxygen atoms in total. The zero-order valence-corrected chi connectivity index (χ0v) is 13.3. The predicted octanol–water partition coefficient (Wildman–Crippen LogP) is 4.42. The molecule has 0 N–H and O–H groups in total. The Morgan fingerprint density at radius 1 is 1.32 bits per heavy atom. The number of ketones is 1. The van der Waals surface area contributed by atoms with Crippen LogP contribution in [0.25, 0.3) is 0 Å². The van der Waals surface area contributed by atoms with Crippen LogP contribution in [-0.4, -0.2) is 10.8 Å². The van der Waals surface area contributed by atoms with Gasteiger partial charge in [0.2, 0.25) is 0 Å². The van der Waals surface area contributed by atoms with Crippen LogP contribution in [0.1, 0.15) is 57.2 Å². The average molecular weight is 279 g/mol. The number of Topliss-reactive ketones (excluding diaryl/α,β-unsaturated/α-hetero) is 1. The topological polar surface area (TPSA) is 30.0 Å². The lowest BCUT2D eigenvalue weighted by Gasteiger charge is -2.36. The molecule has 106 valence electrons. The highest BCUT2D eigenvalue weighted by molar-refractivity contribution is 7.09. The molecular formula is C16H25NOS. The molecule has 1 saturated carbocycles. The molecule has 0 unspecified atom stereocenters. The van der Waals surface area contributed by atoms with Gasteiger partial charge in [-0.15, -0.1) is 11.3 Å². The number of hydrogen-bond donors (Lipinski definition) is 0. The van der Waals surface area contributed by atoms with E-state index in [0.29, 0.717) is 17.6 Å². The van der Waals surface area contributed by atoms with Gasteiger partial charge >= 0.3 is 0 Å². The van der Waals surface area contributed by atoms with E-state index in [9.17, 15) is 4.79 Å². The van der Waals surface area contributed by atoms with E-state index in [2.05, 4.69) is 25.8 Å². The summed E-state index contributed by atoms with van der Waals surface area (Å²) in [5.74, 6) is 1.45. The van der Waals surface area contributed by atoms with Crippen molar-refractivity contribution >= 4 is 17.1 Å². The standard InChI is InChI=1S/C16H25NOS/c1-11-17-14(10-19-11)9-15(18)12-5-7-13(8-6-12)16(2,3)4/h10,12-13H,5-9H2,1-4H3. The number of nitrogens with zero attached hydrogens (tertiary/aromatic N) is 1. The van der Waals surface area contributed by atoms with Crippen LogP contribution in [0.5, 0.6) is 0 Å².